The van der Waals surface area contributed by atoms with E-state index in [9.17, 15) is 9.59 Å². The van der Waals surface area contributed by atoms with E-state index >= 15 is 0 Å². The molecule has 2 rings (SSSR count). The van der Waals surface area contributed by atoms with Crippen LogP contribution in [0, 0.1) is 0 Å². The van der Waals surface area contributed by atoms with Gasteiger partial charge < -0.3 is 20.6 Å². The van der Waals surface area contributed by atoms with Crippen LogP contribution in [0.5, 0.6) is 0 Å². The molecule has 0 bridgehead atoms. The maximum absolute atomic E-state index is 11.8. The summed E-state index contributed by atoms with van der Waals surface area (Å²) in [6.45, 7) is 5.33. The number of urea groups is 1. The first-order valence-electron chi connectivity index (χ1n) is 7.03. The van der Waals surface area contributed by atoms with Crippen molar-refractivity contribution in [2.45, 2.75) is 32.4 Å². The number of thiazole rings is 1. The van der Waals surface area contributed by atoms with Crippen molar-refractivity contribution in [3.05, 3.63) is 16.1 Å². The summed E-state index contributed by atoms with van der Waals surface area (Å²) in [6.07, 6.45) is 2.08. The summed E-state index contributed by atoms with van der Waals surface area (Å²) in [5, 5.41) is 16.5. The first kappa shape index (κ1) is 15.7. The topological polar surface area (TPSA) is 94.6 Å². The third-order valence-electron chi connectivity index (χ3n) is 3.46. The van der Waals surface area contributed by atoms with Gasteiger partial charge in [0.1, 0.15) is 5.01 Å². The number of hydrogen-bond acceptors (Lipinski definition) is 5. The van der Waals surface area contributed by atoms with Gasteiger partial charge in [0.2, 0.25) is 0 Å². The molecule has 2 heterocycles. The first-order valence-corrected chi connectivity index (χ1v) is 7.91. The van der Waals surface area contributed by atoms with Gasteiger partial charge in [0.05, 0.1) is 6.54 Å². The van der Waals surface area contributed by atoms with Gasteiger partial charge in [0.15, 0.2) is 5.69 Å². The van der Waals surface area contributed by atoms with Crippen LogP contribution in [-0.2, 0) is 6.54 Å². The van der Waals surface area contributed by atoms with Crippen molar-refractivity contribution in [2.75, 3.05) is 19.6 Å². The molecule has 116 valence electrons. The lowest BCUT2D eigenvalue weighted by Gasteiger charge is -2.32. The number of aromatic nitrogens is 1. The number of carbonyl (C=O) groups excluding carboxylic acids is 1. The van der Waals surface area contributed by atoms with Gasteiger partial charge in [0, 0.05) is 18.0 Å². The summed E-state index contributed by atoms with van der Waals surface area (Å²) < 4.78 is 0. The van der Waals surface area contributed by atoms with E-state index in [0.717, 1.165) is 32.5 Å². The minimum Gasteiger partial charge on any atom is -0.476 e. The second-order valence-electron chi connectivity index (χ2n) is 4.99. The standard InChI is InChI=1S/C13H20N4O3S/c1-2-17-5-3-4-9(7-17)15-13(20)14-6-11-16-10(8-21-11)12(18)19/h8-9H,2-7H2,1H3,(H,18,19)(H2,14,15,20). The van der Waals surface area contributed by atoms with Crippen LogP contribution < -0.4 is 10.6 Å². The number of aromatic carboxylic acids is 1. The van der Waals surface area contributed by atoms with Crippen molar-refractivity contribution >= 4 is 23.3 Å². The fourth-order valence-electron chi connectivity index (χ4n) is 2.34. The van der Waals surface area contributed by atoms with Gasteiger partial charge in [-0.1, -0.05) is 6.92 Å². The molecular weight excluding hydrogens is 292 g/mol. The molecule has 1 fully saturated rings. The molecule has 1 aromatic heterocycles. The zero-order valence-electron chi connectivity index (χ0n) is 12.0. The molecule has 0 saturated carbocycles. The molecule has 1 saturated heterocycles. The van der Waals surface area contributed by atoms with Gasteiger partial charge in [-0.2, -0.15) is 0 Å². The number of likely N-dealkylation sites (tertiary alicyclic amines) is 1. The van der Waals surface area contributed by atoms with Gasteiger partial charge >= 0.3 is 12.0 Å². The Balaban J connectivity index is 1.75. The van der Waals surface area contributed by atoms with Crippen LogP contribution in [0.25, 0.3) is 0 Å². The second-order valence-corrected chi connectivity index (χ2v) is 5.93. The van der Waals surface area contributed by atoms with E-state index in [4.69, 9.17) is 5.11 Å². The van der Waals surface area contributed by atoms with Gasteiger partial charge in [-0.05, 0) is 25.9 Å². The number of amides is 2. The Kier molecular flexibility index (Phi) is 5.51. The molecule has 0 radical (unpaired) electrons. The molecule has 0 spiro atoms. The Morgan fingerprint density at radius 1 is 1.57 bits per heavy atom. The fraction of sp³-hybridized carbons (Fsp3) is 0.615. The lowest BCUT2D eigenvalue weighted by Crippen LogP contribution is -2.50. The van der Waals surface area contributed by atoms with E-state index in [-0.39, 0.29) is 24.3 Å². The number of likely N-dealkylation sites (N-methyl/N-ethyl adjacent to an activating group) is 1. The van der Waals surface area contributed by atoms with E-state index in [1.54, 1.807) is 0 Å². The minimum atomic E-state index is -1.05. The monoisotopic (exact) mass is 312 g/mol. The summed E-state index contributed by atoms with van der Waals surface area (Å²) in [5.74, 6) is -1.05. The average Bonchev–Trinajstić information content (AvgIpc) is 2.94. The molecule has 1 aliphatic heterocycles. The second kappa shape index (κ2) is 7.37. The number of carboxylic acid groups (broad SMARTS) is 1. The average molecular weight is 312 g/mol. The summed E-state index contributed by atoms with van der Waals surface area (Å²) in [5.41, 5.74) is 0.0167. The highest BCUT2D eigenvalue weighted by atomic mass is 32.1. The van der Waals surface area contributed by atoms with E-state index in [2.05, 4.69) is 27.4 Å². The highest BCUT2D eigenvalue weighted by molar-refractivity contribution is 7.09. The van der Waals surface area contributed by atoms with Gasteiger partial charge in [-0.15, -0.1) is 11.3 Å². The van der Waals surface area contributed by atoms with Crippen LogP contribution in [0.3, 0.4) is 0 Å². The van der Waals surface area contributed by atoms with Crippen LogP contribution >= 0.6 is 11.3 Å². The zero-order chi connectivity index (χ0) is 15.2. The Labute approximate surface area is 127 Å². The zero-order valence-corrected chi connectivity index (χ0v) is 12.8. The molecule has 0 aliphatic carbocycles. The van der Waals surface area contributed by atoms with Crippen LogP contribution in [0.2, 0.25) is 0 Å². The molecule has 0 aromatic carbocycles. The number of carbonyl (C=O) groups is 2. The van der Waals surface area contributed by atoms with E-state index in [1.807, 2.05) is 0 Å². The molecule has 3 N–H and O–H groups in total. The number of nitrogens with one attached hydrogen (secondary N) is 2. The summed E-state index contributed by atoms with van der Waals surface area (Å²) in [6, 6.07) is -0.0606. The molecule has 2 amide bonds. The van der Waals surface area contributed by atoms with Crippen LogP contribution in [0.1, 0.15) is 35.3 Å². The molecular formula is C13H20N4O3S. The Morgan fingerprint density at radius 2 is 2.38 bits per heavy atom. The molecule has 1 unspecified atom stereocenters. The number of nitrogens with zero attached hydrogens (tertiary/aromatic N) is 2. The Hall–Kier alpha value is -1.67. The summed E-state index contributed by atoms with van der Waals surface area (Å²) in [7, 11) is 0. The van der Waals surface area contributed by atoms with Crippen LogP contribution in [0.4, 0.5) is 4.79 Å². The maximum atomic E-state index is 11.8. The van der Waals surface area contributed by atoms with E-state index in [0.29, 0.717) is 5.01 Å². The predicted molar refractivity (Wildman–Crippen MR) is 79.6 cm³/mol. The molecule has 7 nitrogen and oxygen atoms in total. The third kappa shape index (κ3) is 4.68. The normalized spacial score (nSPS) is 19.2. The first-order chi connectivity index (χ1) is 10.1. The van der Waals surface area contributed by atoms with Crippen molar-refractivity contribution in [3.63, 3.8) is 0 Å². The minimum absolute atomic E-state index is 0.0167. The molecule has 8 heteroatoms. The van der Waals surface area contributed by atoms with Crippen LogP contribution in [-0.4, -0.2) is 52.7 Å². The molecule has 21 heavy (non-hydrogen) atoms. The SMILES string of the molecule is CCN1CCCC(NC(=O)NCc2nc(C(=O)O)cs2)C1. The summed E-state index contributed by atoms with van der Waals surface area (Å²) >= 11 is 1.23. The van der Waals surface area contributed by atoms with Crippen LogP contribution in [0.15, 0.2) is 5.38 Å². The largest absolute Gasteiger partial charge is 0.476 e. The number of rotatable bonds is 5. The number of piperidine rings is 1. The van der Waals surface area contributed by atoms with Crippen molar-refractivity contribution in [1.29, 1.82) is 0 Å². The van der Waals surface area contributed by atoms with E-state index in [1.165, 1.54) is 16.7 Å². The highest BCUT2D eigenvalue weighted by Crippen LogP contribution is 2.10. The Morgan fingerprint density at radius 3 is 3.05 bits per heavy atom. The quantitative estimate of drug-likeness (QED) is 0.757. The lowest BCUT2D eigenvalue weighted by molar-refractivity contribution is 0.0691. The lowest BCUT2D eigenvalue weighted by atomic mass is 10.1. The molecule has 1 aliphatic rings. The van der Waals surface area contributed by atoms with Crippen molar-refractivity contribution in [2.24, 2.45) is 0 Å². The van der Waals surface area contributed by atoms with Gasteiger partial charge in [-0.3, -0.25) is 0 Å². The predicted octanol–water partition coefficient (Wildman–Crippen LogP) is 1.12. The number of hydrogen-bond donors (Lipinski definition) is 3. The fourth-order valence-corrected chi connectivity index (χ4v) is 3.05. The van der Waals surface area contributed by atoms with E-state index < -0.39 is 5.97 Å². The molecule has 1 aromatic rings. The third-order valence-corrected chi connectivity index (χ3v) is 4.31. The van der Waals surface area contributed by atoms with Gasteiger partial charge in [-0.25, -0.2) is 14.6 Å². The van der Waals surface area contributed by atoms with Crippen molar-refractivity contribution in [1.82, 2.24) is 20.5 Å². The molecule has 1 atom stereocenters. The number of carboxylic acids is 1. The Bertz CT molecular complexity index is 505. The van der Waals surface area contributed by atoms with Crippen molar-refractivity contribution in [3.8, 4) is 0 Å². The maximum Gasteiger partial charge on any atom is 0.355 e. The smallest absolute Gasteiger partial charge is 0.355 e. The van der Waals surface area contributed by atoms with Gasteiger partial charge in [0.25, 0.3) is 0 Å². The highest BCUT2D eigenvalue weighted by Gasteiger charge is 2.20. The summed E-state index contributed by atoms with van der Waals surface area (Å²) in [4.78, 5) is 28.8. The van der Waals surface area contributed by atoms with Crippen molar-refractivity contribution < 1.29 is 14.7 Å².